The maximum absolute atomic E-state index is 9.30. The van der Waals surface area contributed by atoms with Crippen molar-refractivity contribution in [2.75, 3.05) is 19.6 Å². The van der Waals surface area contributed by atoms with Crippen molar-refractivity contribution >= 4 is 0 Å². The van der Waals surface area contributed by atoms with E-state index in [4.69, 9.17) is 5.11 Å². The van der Waals surface area contributed by atoms with E-state index < -0.39 is 24.4 Å². The van der Waals surface area contributed by atoms with Gasteiger partial charge in [-0.3, -0.25) is 4.90 Å². The van der Waals surface area contributed by atoms with Gasteiger partial charge in [0, 0.05) is 19.6 Å². The smallest absolute Gasteiger partial charge is 0.108 e. The summed E-state index contributed by atoms with van der Waals surface area (Å²) in [6.07, 6.45) is -3.41. The Kier molecular flexibility index (Phi) is 3.63. The van der Waals surface area contributed by atoms with Crippen LogP contribution >= 0.6 is 0 Å². The molecule has 13 heavy (non-hydrogen) atoms. The first kappa shape index (κ1) is 10.9. The normalized spacial score (nSPS) is 39.0. The third-order valence-electron chi connectivity index (χ3n) is 2.20. The summed E-state index contributed by atoms with van der Waals surface area (Å²) in [7, 11) is 0. The number of piperidine rings is 1. The number of β-amino-alcohol motifs (C(OH)–C–C–N with tert-alkyl or cyclic N) is 3. The first-order valence-corrected chi connectivity index (χ1v) is 4.45. The lowest BCUT2D eigenvalue weighted by Gasteiger charge is -2.37. The van der Waals surface area contributed by atoms with Crippen LogP contribution in [0.2, 0.25) is 0 Å². The molecule has 4 N–H and O–H groups in total. The van der Waals surface area contributed by atoms with Gasteiger partial charge in [-0.05, 0) is 6.92 Å². The largest absolute Gasteiger partial charge is 0.392 e. The molecule has 3 atom stereocenters. The fourth-order valence-electron chi connectivity index (χ4n) is 1.60. The first-order valence-electron chi connectivity index (χ1n) is 4.45. The molecular formula is C8H17NO4. The highest BCUT2D eigenvalue weighted by molar-refractivity contribution is 4.86. The van der Waals surface area contributed by atoms with E-state index in [0.717, 1.165) is 0 Å². The molecule has 0 amide bonds. The van der Waals surface area contributed by atoms with E-state index in [-0.39, 0.29) is 0 Å². The molecule has 0 aliphatic carbocycles. The second-order valence-corrected chi connectivity index (χ2v) is 3.69. The van der Waals surface area contributed by atoms with Crippen LogP contribution in [0.15, 0.2) is 0 Å². The molecule has 0 aromatic heterocycles. The Hall–Kier alpha value is -0.200. The van der Waals surface area contributed by atoms with Crippen LogP contribution in [0.5, 0.6) is 0 Å². The molecule has 5 nitrogen and oxygen atoms in total. The molecule has 1 rings (SSSR count). The minimum atomic E-state index is -1.06. The Balaban J connectivity index is 2.44. The fourth-order valence-corrected chi connectivity index (χ4v) is 1.60. The zero-order valence-electron chi connectivity index (χ0n) is 7.67. The quantitative estimate of drug-likeness (QED) is 0.397. The summed E-state index contributed by atoms with van der Waals surface area (Å²) in [6, 6.07) is 0. The van der Waals surface area contributed by atoms with Crippen molar-refractivity contribution in [2.24, 2.45) is 0 Å². The van der Waals surface area contributed by atoms with Crippen LogP contribution in [0.25, 0.3) is 0 Å². The van der Waals surface area contributed by atoms with Crippen molar-refractivity contribution in [1.82, 2.24) is 4.90 Å². The van der Waals surface area contributed by atoms with Crippen molar-refractivity contribution in [3.05, 3.63) is 0 Å². The third-order valence-corrected chi connectivity index (χ3v) is 2.20. The van der Waals surface area contributed by atoms with Gasteiger partial charge >= 0.3 is 0 Å². The Bertz CT molecular complexity index is 152. The molecular weight excluding hydrogens is 174 g/mol. The summed E-state index contributed by atoms with van der Waals surface area (Å²) in [5.74, 6) is 0. The lowest BCUT2D eigenvalue weighted by atomic mass is 10.0. The Labute approximate surface area is 77.2 Å². The van der Waals surface area contributed by atoms with Gasteiger partial charge < -0.3 is 20.4 Å². The van der Waals surface area contributed by atoms with E-state index in [1.54, 1.807) is 11.8 Å². The number of aliphatic hydroxyl groups excluding tert-OH is 4. The van der Waals surface area contributed by atoms with Gasteiger partial charge in [0.25, 0.3) is 0 Å². The molecule has 0 radical (unpaired) electrons. The molecule has 5 heteroatoms. The molecule has 1 aliphatic rings. The molecule has 0 bridgehead atoms. The van der Waals surface area contributed by atoms with E-state index in [1.807, 2.05) is 0 Å². The van der Waals surface area contributed by atoms with Gasteiger partial charge in [0.15, 0.2) is 0 Å². The lowest BCUT2D eigenvalue weighted by Crippen LogP contribution is -2.56. The van der Waals surface area contributed by atoms with Gasteiger partial charge in [-0.15, -0.1) is 0 Å². The number of nitrogens with zero attached hydrogens (tertiary/aromatic N) is 1. The van der Waals surface area contributed by atoms with Crippen molar-refractivity contribution in [2.45, 2.75) is 31.3 Å². The number of hydrogen-bond donors (Lipinski definition) is 4. The third kappa shape index (κ3) is 2.89. The first-order chi connectivity index (χ1) is 6.00. The van der Waals surface area contributed by atoms with Crippen molar-refractivity contribution in [1.29, 1.82) is 0 Å². The van der Waals surface area contributed by atoms with E-state index >= 15 is 0 Å². The molecule has 1 heterocycles. The standard InChI is InChI=1S/C8H17NO4/c1-5(10)2-9-3-6(11)8(13)7(12)4-9/h5-8,10-13H,2-4H2,1H3. The topological polar surface area (TPSA) is 84.2 Å². The average molecular weight is 191 g/mol. The second kappa shape index (κ2) is 4.34. The number of likely N-dealkylation sites (tertiary alicyclic amines) is 1. The van der Waals surface area contributed by atoms with E-state index in [1.165, 1.54) is 0 Å². The van der Waals surface area contributed by atoms with E-state index in [9.17, 15) is 15.3 Å². The van der Waals surface area contributed by atoms with Gasteiger partial charge in [-0.2, -0.15) is 0 Å². The van der Waals surface area contributed by atoms with Gasteiger partial charge in [0.05, 0.1) is 18.3 Å². The van der Waals surface area contributed by atoms with Crippen LogP contribution in [-0.4, -0.2) is 69.4 Å². The van der Waals surface area contributed by atoms with Crippen LogP contribution in [0, 0.1) is 0 Å². The van der Waals surface area contributed by atoms with E-state index in [0.29, 0.717) is 19.6 Å². The fraction of sp³-hybridized carbons (Fsp3) is 1.00. The van der Waals surface area contributed by atoms with Gasteiger partial charge in [0.1, 0.15) is 6.10 Å². The molecule has 1 fully saturated rings. The summed E-state index contributed by atoms with van der Waals surface area (Å²) >= 11 is 0. The average Bonchev–Trinajstić information content (AvgIpc) is 1.98. The van der Waals surface area contributed by atoms with Crippen molar-refractivity contribution < 1.29 is 20.4 Å². The molecule has 0 spiro atoms. The molecule has 78 valence electrons. The van der Waals surface area contributed by atoms with Crippen LogP contribution in [0.1, 0.15) is 6.92 Å². The zero-order valence-corrected chi connectivity index (χ0v) is 7.67. The maximum atomic E-state index is 9.30. The molecule has 1 saturated heterocycles. The molecule has 0 aromatic carbocycles. The van der Waals surface area contributed by atoms with Crippen molar-refractivity contribution in [3.63, 3.8) is 0 Å². The minimum Gasteiger partial charge on any atom is -0.392 e. The molecule has 1 aliphatic heterocycles. The van der Waals surface area contributed by atoms with Gasteiger partial charge in [-0.25, -0.2) is 0 Å². The number of aliphatic hydroxyl groups is 4. The van der Waals surface area contributed by atoms with Crippen LogP contribution < -0.4 is 0 Å². The molecule has 0 aromatic rings. The monoisotopic (exact) mass is 191 g/mol. The molecule has 0 saturated carbocycles. The van der Waals surface area contributed by atoms with Crippen LogP contribution in [0.3, 0.4) is 0 Å². The highest BCUT2D eigenvalue weighted by Gasteiger charge is 2.33. The second-order valence-electron chi connectivity index (χ2n) is 3.69. The lowest BCUT2D eigenvalue weighted by molar-refractivity contribution is -0.113. The summed E-state index contributed by atoms with van der Waals surface area (Å²) in [6.45, 7) is 2.64. The zero-order chi connectivity index (χ0) is 10.0. The Morgan fingerprint density at radius 2 is 1.69 bits per heavy atom. The number of rotatable bonds is 2. The summed E-state index contributed by atoms with van der Waals surface area (Å²) < 4.78 is 0. The molecule has 3 unspecified atom stereocenters. The van der Waals surface area contributed by atoms with Crippen LogP contribution in [0.4, 0.5) is 0 Å². The Morgan fingerprint density at radius 3 is 2.08 bits per heavy atom. The van der Waals surface area contributed by atoms with Crippen molar-refractivity contribution in [3.8, 4) is 0 Å². The van der Waals surface area contributed by atoms with E-state index in [2.05, 4.69) is 0 Å². The highest BCUT2D eigenvalue weighted by atomic mass is 16.4. The minimum absolute atomic E-state index is 0.295. The van der Waals surface area contributed by atoms with Gasteiger partial charge in [0.2, 0.25) is 0 Å². The number of hydrogen-bond acceptors (Lipinski definition) is 5. The highest BCUT2D eigenvalue weighted by Crippen LogP contribution is 2.11. The SMILES string of the molecule is CC(O)CN1CC(O)C(O)C(O)C1. The summed E-state index contributed by atoms with van der Waals surface area (Å²) in [4.78, 5) is 1.73. The Morgan fingerprint density at radius 1 is 1.23 bits per heavy atom. The van der Waals surface area contributed by atoms with Gasteiger partial charge in [-0.1, -0.05) is 0 Å². The predicted octanol–water partition coefficient (Wildman–Crippen LogP) is -2.23. The summed E-state index contributed by atoms with van der Waals surface area (Å²) in [5, 5.41) is 36.9. The predicted molar refractivity (Wildman–Crippen MR) is 46.1 cm³/mol. The van der Waals surface area contributed by atoms with Crippen LogP contribution in [-0.2, 0) is 0 Å². The maximum Gasteiger partial charge on any atom is 0.108 e. The summed E-state index contributed by atoms with van der Waals surface area (Å²) in [5.41, 5.74) is 0.